The minimum Gasteiger partial charge on any atom is -0.487 e. The van der Waals surface area contributed by atoms with Crippen molar-refractivity contribution in [2.24, 2.45) is 0 Å². The molecule has 3 heteroatoms. The quantitative estimate of drug-likeness (QED) is 0.854. The zero-order valence-electron chi connectivity index (χ0n) is 9.18. The van der Waals surface area contributed by atoms with Crippen LogP contribution in [0.2, 0.25) is 0 Å². The maximum absolute atomic E-state index is 5.66. The molecule has 0 saturated heterocycles. The maximum atomic E-state index is 5.66. The van der Waals surface area contributed by atoms with E-state index in [1.807, 2.05) is 43.3 Å². The normalized spacial score (nSPS) is 10.1. The highest BCUT2D eigenvalue weighted by molar-refractivity contribution is 5.37. The number of anilines is 1. The lowest BCUT2D eigenvalue weighted by molar-refractivity contribution is 0.302. The summed E-state index contributed by atoms with van der Waals surface area (Å²) >= 11 is 0. The first-order chi connectivity index (χ1) is 7.75. The fraction of sp³-hybridized carbons (Fsp3) is 0.154. The van der Waals surface area contributed by atoms with E-state index < -0.39 is 0 Å². The van der Waals surface area contributed by atoms with Gasteiger partial charge in [-0.3, -0.25) is 0 Å². The summed E-state index contributed by atoms with van der Waals surface area (Å²) in [5.41, 5.74) is 7.52. The molecule has 0 fully saturated rings. The Morgan fingerprint density at radius 2 is 1.88 bits per heavy atom. The summed E-state index contributed by atoms with van der Waals surface area (Å²) in [6, 6.07) is 13.6. The van der Waals surface area contributed by atoms with Crippen molar-refractivity contribution in [3.8, 4) is 5.75 Å². The molecule has 0 saturated carbocycles. The van der Waals surface area contributed by atoms with Gasteiger partial charge in [0.1, 0.15) is 18.2 Å². The summed E-state index contributed by atoms with van der Waals surface area (Å²) in [5, 5.41) is 0. The van der Waals surface area contributed by atoms with Crippen molar-refractivity contribution in [2.75, 3.05) is 5.73 Å². The molecule has 1 heterocycles. The summed E-state index contributed by atoms with van der Waals surface area (Å²) < 4.78 is 5.66. The number of nitrogens with zero attached hydrogens (tertiary/aromatic N) is 1. The molecule has 1 aromatic heterocycles. The zero-order chi connectivity index (χ0) is 11.4. The largest absolute Gasteiger partial charge is 0.487 e. The van der Waals surface area contributed by atoms with Crippen LogP contribution in [0.4, 0.5) is 5.82 Å². The molecule has 16 heavy (non-hydrogen) atoms. The van der Waals surface area contributed by atoms with Crippen LogP contribution in [0.25, 0.3) is 0 Å². The monoisotopic (exact) mass is 214 g/mol. The van der Waals surface area contributed by atoms with Crippen LogP contribution in [0.5, 0.6) is 5.75 Å². The molecule has 2 aromatic rings. The van der Waals surface area contributed by atoms with Crippen molar-refractivity contribution in [1.82, 2.24) is 4.98 Å². The number of pyridine rings is 1. The molecule has 0 bridgehead atoms. The highest BCUT2D eigenvalue weighted by Gasteiger charge is 2.01. The molecule has 0 atom stereocenters. The van der Waals surface area contributed by atoms with E-state index in [0.29, 0.717) is 12.4 Å². The molecule has 0 aliphatic heterocycles. The Morgan fingerprint density at radius 1 is 1.12 bits per heavy atom. The van der Waals surface area contributed by atoms with Crippen molar-refractivity contribution in [1.29, 1.82) is 0 Å². The Kier molecular flexibility index (Phi) is 3.05. The highest BCUT2D eigenvalue weighted by Crippen LogP contribution is 2.18. The topological polar surface area (TPSA) is 48.1 Å². The van der Waals surface area contributed by atoms with Crippen LogP contribution in [0, 0.1) is 6.92 Å². The summed E-state index contributed by atoms with van der Waals surface area (Å²) in [6.07, 6.45) is 0. The van der Waals surface area contributed by atoms with Gasteiger partial charge in [-0.2, -0.15) is 0 Å². The van der Waals surface area contributed by atoms with Crippen LogP contribution in [-0.4, -0.2) is 4.98 Å². The van der Waals surface area contributed by atoms with Crippen molar-refractivity contribution in [2.45, 2.75) is 13.5 Å². The number of ether oxygens (including phenoxy) is 1. The Bertz CT molecular complexity index is 469. The third kappa shape index (κ3) is 2.51. The average Bonchev–Trinajstić information content (AvgIpc) is 2.29. The van der Waals surface area contributed by atoms with Crippen molar-refractivity contribution in [3.05, 3.63) is 53.7 Å². The standard InChI is InChI=1S/C13H14N2O/c1-10-12(7-8-13(14)15-10)16-9-11-5-3-2-4-6-11/h2-8H,9H2,1H3,(H2,14,15). The highest BCUT2D eigenvalue weighted by atomic mass is 16.5. The number of hydrogen-bond donors (Lipinski definition) is 1. The SMILES string of the molecule is Cc1nc(N)ccc1OCc1ccccc1. The summed E-state index contributed by atoms with van der Waals surface area (Å²) in [5.74, 6) is 1.29. The predicted octanol–water partition coefficient (Wildman–Crippen LogP) is 2.55. The Morgan fingerprint density at radius 3 is 2.56 bits per heavy atom. The van der Waals surface area contributed by atoms with E-state index in [2.05, 4.69) is 4.98 Å². The van der Waals surface area contributed by atoms with Crippen LogP contribution in [-0.2, 0) is 6.61 Å². The molecule has 3 nitrogen and oxygen atoms in total. The van der Waals surface area contributed by atoms with Gasteiger partial charge in [0, 0.05) is 0 Å². The molecule has 0 aliphatic carbocycles. The fourth-order valence-electron chi connectivity index (χ4n) is 1.46. The Balaban J connectivity index is 2.05. The minimum atomic E-state index is 0.518. The molecule has 82 valence electrons. The van der Waals surface area contributed by atoms with Gasteiger partial charge in [-0.05, 0) is 24.6 Å². The molecule has 2 rings (SSSR count). The van der Waals surface area contributed by atoms with Crippen molar-refractivity contribution >= 4 is 5.82 Å². The van der Waals surface area contributed by atoms with Crippen LogP contribution in [0.1, 0.15) is 11.3 Å². The molecule has 2 N–H and O–H groups in total. The first kappa shape index (κ1) is 10.5. The molecular weight excluding hydrogens is 200 g/mol. The second-order valence-electron chi connectivity index (χ2n) is 3.59. The summed E-state index contributed by atoms with van der Waals surface area (Å²) in [6.45, 7) is 2.43. The summed E-state index contributed by atoms with van der Waals surface area (Å²) in [7, 11) is 0. The van der Waals surface area contributed by atoms with Gasteiger partial charge in [-0.15, -0.1) is 0 Å². The number of nitrogens with two attached hydrogens (primary N) is 1. The second-order valence-corrected chi connectivity index (χ2v) is 3.59. The molecule has 0 spiro atoms. The van der Waals surface area contributed by atoms with Crippen molar-refractivity contribution < 1.29 is 4.74 Å². The van der Waals surface area contributed by atoms with E-state index in [9.17, 15) is 0 Å². The van der Waals surface area contributed by atoms with Crippen LogP contribution in [0.15, 0.2) is 42.5 Å². The Labute approximate surface area is 94.9 Å². The number of hydrogen-bond acceptors (Lipinski definition) is 3. The lowest BCUT2D eigenvalue weighted by atomic mass is 10.2. The van der Waals surface area contributed by atoms with Crippen molar-refractivity contribution in [3.63, 3.8) is 0 Å². The number of aromatic nitrogens is 1. The van der Waals surface area contributed by atoms with Gasteiger partial charge in [-0.25, -0.2) is 4.98 Å². The van der Waals surface area contributed by atoms with Gasteiger partial charge in [0.05, 0.1) is 5.69 Å². The molecular formula is C13H14N2O. The number of aryl methyl sites for hydroxylation is 1. The molecule has 0 unspecified atom stereocenters. The first-order valence-corrected chi connectivity index (χ1v) is 5.15. The third-order valence-electron chi connectivity index (χ3n) is 2.30. The first-order valence-electron chi connectivity index (χ1n) is 5.15. The molecule has 0 radical (unpaired) electrons. The molecule has 1 aromatic carbocycles. The number of rotatable bonds is 3. The van der Waals surface area contributed by atoms with E-state index in [1.165, 1.54) is 0 Å². The lowest BCUT2D eigenvalue weighted by Crippen LogP contribution is -1.99. The van der Waals surface area contributed by atoms with E-state index in [-0.39, 0.29) is 0 Å². The lowest BCUT2D eigenvalue weighted by Gasteiger charge is -2.08. The van der Waals surface area contributed by atoms with Gasteiger partial charge < -0.3 is 10.5 Å². The molecule has 0 aliphatic rings. The summed E-state index contributed by atoms with van der Waals surface area (Å²) in [4.78, 5) is 4.14. The third-order valence-corrected chi connectivity index (χ3v) is 2.30. The van der Waals surface area contributed by atoms with E-state index >= 15 is 0 Å². The van der Waals surface area contributed by atoms with Gasteiger partial charge >= 0.3 is 0 Å². The molecule has 0 amide bonds. The van der Waals surface area contributed by atoms with E-state index in [0.717, 1.165) is 17.0 Å². The maximum Gasteiger partial charge on any atom is 0.141 e. The number of nitrogen functional groups attached to an aromatic ring is 1. The van der Waals surface area contributed by atoms with Gasteiger partial charge in [-0.1, -0.05) is 30.3 Å². The second kappa shape index (κ2) is 4.66. The van der Waals surface area contributed by atoms with Gasteiger partial charge in [0.25, 0.3) is 0 Å². The van der Waals surface area contributed by atoms with Crippen LogP contribution < -0.4 is 10.5 Å². The zero-order valence-corrected chi connectivity index (χ0v) is 9.18. The Hall–Kier alpha value is -2.03. The van der Waals surface area contributed by atoms with E-state index in [4.69, 9.17) is 10.5 Å². The van der Waals surface area contributed by atoms with Gasteiger partial charge in [0.15, 0.2) is 0 Å². The van der Waals surface area contributed by atoms with Crippen LogP contribution >= 0.6 is 0 Å². The number of benzene rings is 1. The average molecular weight is 214 g/mol. The predicted molar refractivity (Wildman–Crippen MR) is 64.2 cm³/mol. The smallest absolute Gasteiger partial charge is 0.141 e. The van der Waals surface area contributed by atoms with E-state index in [1.54, 1.807) is 6.07 Å². The van der Waals surface area contributed by atoms with Crippen LogP contribution in [0.3, 0.4) is 0 Å². The fourth-order valence-corrected chi connectivity index (χ4v) is 1.46. The van der Waals surface area contributed by atoms with Gasteiger partial charge in [0.2, 0.25) is 0 Å². The minimum absolute atomic E-state index is 0.518.